The van der Waals surface area contributed by atoms with Crippen molar-refractivity contribution in [1.29, 1.82) is 0 Å². The number of rotatable bonds is 4. The van der Waals surface area contributed by atoms with E-state index in [1.807, 2.05) is 12.3 Å². The summed E-state index contributed by atoms with van der Waals surface area (Å²) in [4.78, 5) is 16.5. The van der Waals surface area contributed by atoms with Gasteiger partial charge in [-0.3, -0.25) is 9.78 Å². The molecule has 0 bridgehead atoms. The van der Waals surface area contributed by atoms with Crippen molar-refractivity contribution in [2.75, 3.05) is 6.54 Å². The molecule has 1 aliphatic carbocycles. The van der Waals surface area contributed by atoms with E-state index in [1.165, 1.54) is 5.56 Å². The van der Waals surface area contributed by atoms with Crippen LogP contribution in [0.25, 0.3) is 0 Å². The number of carbonyl (C=O) groups is 1. The molecule has 3 nitrogen and oxygen atoms in total. The van der Waals surface area contributed by atoms with Crippen LogP contribution in [-0.4, -0.2) is 17.4 Å². The number of amides is 1. The maximum Gasteiger partial charge on any atom is 0.224 e. The van der Waals surface area contributed by atoms with Crippen molar-refractivity contribution in [1.82, 2.24) is 10.3 Å². The summed E-state index contributed by atoms with van der Waals surface area (Å²) in [5.41, 5.74) is 2.47. The number of hydrogen-bond donors (Lipinski definition) is 1. The van der Waals surface area contributed by atoms with E-state index in [2.05, 4.69) is 51.0 Å². The fraction of sp³-hybridized carbons (Fsp3) is 0.625. The lowest BCUT2D eigenvalue weighted by Crippen LogP contribution is -2.29. The summed E-state index contributed by atoms with van der Waals surface area (Å²) < 4.78 is 0. The van der Waals surface area contributed by atoms with Crippen LogP contribution in [-0.2, 0) is 11.2 Å². The minimum atomic E-state index is 0.110. The lowest BCUT2D eigenvalue weighted by molar-refractivity contribution is -0.123. The van der Waals surface area contributed by atoms with Gasteiger partial charge in [0.25, 0.3) is 0 Å². The Morgan fingerprint density at radius 2 is 1.95 bits per heavy atom. The van der Waals surface area contributed by atoms with Crippen LogP contribution in [0.5, 0.6) is 0 Å². The highest BCUT2D eigenvalue weighted by Crippen LogP contribution is 2.68. The zero-order valence-electron chi connectivity index (χ0n) is 12.6. The van der Waals surface area contributed by atoms with Crippen molar-refractivity contribution >= 4 is 5.91 Å². The van der Waals surface area contributed by atoms with Crippen molar-refractivity contribution in [2.24, 2.45) is 16.7 Å². The molecule has 0 atom stereocenters. The first-order valence-corrected chi connectivity index (χ1v) is 6.96. The molecule has 1 aromatic rings. The first-order chi connectivity index (χ1) is 8.76. The summed E-state index contributed by atoms with van der Waals surface area (Å²) in [6.07, 6.45) is 2.61. The second kappa shape index (κ2) is 4.62. The number of hydrogen-bond acceptors (Lipinski definition) is 2. The number of nitrogens with zero attached hydrogens (tertiary/aromatic N) is 1. The Bertz CT molecular complexity index is 477. The summed E-state index contributed by atoms with van der Waals surface area (Å²) >= 11 is 0. The van der Waals surface area contributed by atoms with Gasteiger partial charge in [-0.05, 0) is 35.4 Å². The van der Waals surface area contributed by atoms with Crippen LogP contribution in [0.1, 0.15) is 39.0 Å². The van der Waals surface area contributed by atoms with Gasteiger partial charge in [-0.1, -0.05) is 27.7 Å². The molecule has 1 saturated carbocycles. The molecular weight excluding hydrogens is 236 g/mol. The third-order valence-electron chi connectivity index (χ3n) is 4.94. The molecule has 3 heteroatoms. The predicted octanol–water partition coefficient (Wildman–Crippen LogP) is 2.73. The third kappa shape index (κ3) is 2.51. The van der Waals surface area contributed by atoms with Crippen LogP contribution < -0.4 is 5.32 Å². The van der Waals surface area contributed by atoms with Gasteiger partial charge in [0.05, 0.1) is 0 Å². The average molecular weight is 260 g/mol. The molecule has 1 amide bonds. The Kier molecular flexibility index (Phi) is 3.41. The van der Waals surface area contributed by atoms with Crippen LogP contribution in [0.15, 0.2) is 18.3 Å². The van der Waals surface area contributed by atoms with Gasteiger partial charge in [0.15, 0.2) is 0 Å². The number of aromatic nitrogens is 1. The first kappa shape index (κ1) is 14.0. The van der Waals surface area contributed by atoms with Crippen LogP contribution in [0.4, 0.5) is 0 Å². The molecule has 1 aliphatic rings. The van der Waals surface area contributed by atoms with Gasteiger partial charge in [0.1, 0.15) is 0 Å². The van der Waals surface area contributed by atoms with E-state index >= 15 is 0 Å². The normalized spacial score (nSPS) is 20.1. The van der Waals surface area contributed by atoms with Gasteiger partial charge in [0, 0.05) is 30.8 Å². The minimum Gasteiger partial charge on any atom is -0.355 e. The molecule has 1 aromatic heterocycles. The van der Waals surface area contributed by atoms with Crippen LogP contribution >= 0.6 is 0 Å². The van der Waals surface area contributed by atoms with Crippen molar-refractivity contribution in [3.8, 4) is 0 Å². The van der Waals surface area contributed by atoms with Crippen molar-refractivity contribution in [3.63, 3.8) is 0 Å². The fourth-order valence-electron chi connectivity index (χ4n) is 3.00. The smallest absolute Gasteiger partial charge is 0.224 e. The van der Waals surface area contributed by atoms with E-state index in [-0.39, 0.29) is 22.7 Å². The van der Waals surface area contributed by atoms with Crippen LogP contribution in [0, 0.1) is 23.7 Å². The summed E-state index contributed by atoms with van der Waals surface area (Å²) in [5, 5.41) is 3.04. The van der Waals surface area contributed by atoms with Crippen molar-refractivity contribution in [3.05, 3.63) is 29.6 Å². The summed E-state index contributed by atoms with van der Waals surface area (Å²) in [5.74, 6) is 0.313. The SMILES string of the molecule is Cc1ccnc(CCNC(=O)C2C(C)(C)C2(C)C)c1. The predicted molar refractivity (Wildman–Crippen MR) is 76.7 cm³/mol. The van der Waals surface area contributed by atoms with E-state index < -0.39 is 0 Å². The topological polar surface area (TPSA) is 42.0 Å². The van der Waals surface area contributed by atoms with Crippen LogP contribution in [0.2, 0.25) is 0 Å². The Labute approximate surface area is 115 Å². The van der Waals surface area contributed by atoms with E-state index in [0.717, 1.165) is 12.1 Å². The summed E-state index contributed by atoms with van der Waals surface area (Å²) in [7, 11) is 0. The highest BCUT2D eigenvalue weighted by Gasteiger charge is 2.68. The molecule has 19 heavy (non-hydrogen) atoms. The molecule has 0 radical (unpaired) electrons. The summed E-state index contributed by atoms with van der Waals surface area (Å²) in [6, 6.07) is 4.05. The molecule has 2 rings (SSSR count). The van der Waals surface area contributed by atoms with Gasteiger partial charge in [0.2, 0.25) is 5.91 Å². The molecule has 1 N–H and O–H groups in total. The number of aryl methyl sites for hydroxylation is 1. The molecular formula is C16H24N2O. The summed E-state index contributed by atoms with van der Waals surface area (Å²) in [6.45, 7) is 11.4. The van der Waals surface area contributed by atoms with E-state index in [9.17, 15) is 4.79 Å². The fourth-order valence-corrected chi connectivity index (χ4v) is 3.00. The molecule has 0 aliphatic heterocycles. The quantitative estimate of drug-likeness (QED) is 0.904. The van der Waals surface area contributed by atoms with E-state index in [1.54, 1.807) is 0 Å². The maximum absolute atomic E-state index is 12.2. The standard InChI is InChI=1S/C16H24N2O/c1-11-6-8-17-12(10-11)7-9-18-14(19)13-15(2,3)16(13,4)5/h6,8,10,13H,7,9H2,1-5H3,(H,18,19). The minimum absolute atomic E-state index is 0.110. The number of carbonyl (C=O) groups excluding carboxylic acids is 1. The van der Waals surface area contributed by atoms with Gasteiger partial charge in [-0.2, -0.15) is 0 Å². The van der Waals surface area contributed by atoms with Crippen LogP contribution in [0.3, 0.4) is 0 Å². The van der Waals surface area contributed by atoms with Gasteiger partial charge in [-0.15, -0.1) is 0 Å². The lowest BCUT2D eigenvalue weighted by atomic mass is 10.0. The van der Waals surface area contributed by atoms with Gasteiger partial charge in [-0.25, -0.2) is 0 Å². The van der Waals surface area contributed by atoms with Crippen molar-refractivity contribution < 1.29 is 4.79 Å². The molecule has 1 heterocycles. The van der Waals surface area contributed by atoms with Gasteiger partial charge < -0.3 is 5.32 Å². The van der Waals surface area contributed by atoms with E-state index in [0.29, 0.717) is 6.54 Å². The molecule has 1 fully saturated rings. The maximum atomic E-state index is 12.2. The third-order valence-corrected chi connectivity index (χ3v) is 4.94. The highest BCUT2D eigenvalue weighted by molar-refractivity contribution is 5.84. The Hall–Kier alpha value is -1.38. The second-order valence-corrected chi connectivity index (χ2v) is 6.74. The lowest BCUT2D eigenvalue weighted by Gasteiger charge is -2.06. The monoisotopic (exact) mass is 260 g/mol. The first-order valence-electron chi connectivity index (χ1n) is 6.96. The molecule has 0 saturated heterocycles. The number of pyridine rings is 1. The molecule has 0 aromatic carbocycles. The van der Waals surface area contributed by atoms with Crippen molar-refractivity contribution in [2.45, 2.75) is 41.0 Å². The van der Waals surface area contributed by atoms with Gasteiger partial charge >= 0.3 is 0 Å². The molecule has 0 unspecified atom stereocenters. The number of nitrogens with one attached hydrogen (secondary N) is 1. The Morgan fingerprint density at radius 1 is 1.32 bits per heavy atom. The van der Waals surface area contributed by atoms with E-state index in [4.69, 9.17) is 0 Å². The molecule has 104 valence electrons. The zero-order valence-corrected chi connectivity index (χ0v) is 12.6. The average Bonchev–Trinajstić information content (AvgIpc) is 2.69. The Balaban J connectivity index is 1.83. The second-order valence-electron chi connectivity index (χ2n) is 6.74. The molecule has 0 spiro atoms. The largest absolute Gasteiger partial charge is 0.355 e. The zero-order chi connectivity index (χ0) is 14.3. The highest BCUT2D eigenvalue weighted by atomic mass is 16.2. The Morgan fingerprint density at radius 3 is 2.47 bits per heavy atom.